The van der Waals surface area contributed by atoms with Crippen molar-refractivity contribution >= 4 is 22.8 Å². The molecule has 0 bridgehead atoms. The normalized spacial score (nSPS) is 15.8. The summed E-state index contributed by atoms with van der Waals surface area (Å²) in [6.45, 7) is 4.21. The van der Waals surface area contributed by atoms with Gasteiger partial charge in [0.05, 0.1) is 0 Å². The standard InChI is InChI=1S/C21H24O2/c1-3-5-8-15-11-12-16-9-6-10-18-19(23-20(22)7-4-2)14-13-17(15)21(16)18/h6,9-14,19H,3-5,7-8H2,1-2H3. The van der Waals surface area contributed by atoms with Gasteiger partial charge in [0.25, 0.3) is 0 Å². The molecular weight excluding hydrogens is 284 g/mol. The number of esters is 1. The number of hydrogen-bond donors (Lipinski definition) is 0. The first-order chi connectivity index (χ1) is 11.2. The maximum atomic E-state index is 11.9. The van der Waals surface area contributed by atoms with Crippen LogP contribution in [-0.4, -0.2) is 5.97 Å². The number of rotatable bonds is 6. The molecule has 2 nitrogen and oxygen atoms in total. The van der Waals surface area contributed by atoms with Crippen LogP contribution >= 0.6 is 0 Å². The Hall–Kier alpha value is -2.09. The van der Waals surface area contributed by atoms with Crippen molar-refractivity contribution in [2.24, 2.45) is 0 Å². The first-order valence-electron chi connectivity index (χ1n) is 8.66. The van der Waals surface area contributed by atoms with E-state index in [2.05, 4.69) is 37.3 Å². The summed E-state index contributed by atoms with van der Waals surface area (Å²) in [6, 6.07) is 10.7. The van der Waals surface area contributed by atoms with Gasteiger partial charge in [0.15, 0.2) is 0 Å². The molecule has 0 aliphatic heterocycles. The molecule has 3 rings (SSSR count). The van der Waals surface area contributed by atoms with Crippen molar-refractivity contribution in [3.63, 3.8) is 0 Å². The van der Waals surface area contributed by atoms with Crippen LogP contribution in [0.1, 0.15) is 62.3 Å². The van der Waals surface area contributed by atoms with Crippen LogP contribution in [0.25, 0.3) is 16.8 Å². The number of carbonyl (C=O) groups excluding carboxylic acids is 1. The molecule has 0 saturated carbocycles. The largest absolute Gasteiger partial charge is 0.453 e. The van der Waals surface area contributed by atoms with E-state index in [1.807, 2.05) is 19.1 Å². The van der Waals surface area contributed by atoms with Crippen molar-refractivity contribution in [3.8, 4) is 0 Å². The van der Waals surface area contributed by atoms with Crippen molar-refractivity contribution < 1.29 is 9.53 Å². The average Bonchev–Trinajstić information content (AvgIpc) is 2.56. The van der Waals surface area contributed by atoms with Crippen LogP contribution in [0, 0.1) is 0 Å². The van der Waals surface area contributed by atoms with E-state index in [0.29, 0.717) is 6.42 Å². The monoisotopic (exact) mass is 308 g/mol. The van der Waals surface area contributed by atoms with Gasteiger partial charge >= 0.3 is 5.97 Å². The fraction of sp³-hybridized carbons (Fsp3) is 0.381. The first-order valence-corrected chi connectivity index (χ1v) is 8.66. The second-order valence-electron chi connectivity index (χ2n) is 6.21. The topological polar surface area (TPSA) is 26.3 Å². The Labute approximate surface area is 138 Å². The number of ether oxygens (including phenoxy) is 1. The SMILES string of the molecule is CCCCc1ccc2cccc3c2c1C=CC3OC(=O)CCC. The molecule has 0 heterocycles. The van der Waals surface area contributed by atoms with E-state index >= 15 is 0 Å². The maximum absolute atomic E-state index is 11.9. The van der Waals surface area contributed by atoms with E-state index in [4.69, 9.17) is 4.74 Å². The van der Waals surface area contributed by atoms with Gasteiger partial charge in [-0.1, -0.05) is 56.7 Å². The lowest BCUT2D eigenvalue weighted by Crippen LogP contribution is -2.12. The number of benzene rings is 2. The van der Waals surface area contributed by atoms with Gasteiger partial charge in [-0.25, -0.2) is 0 Å². The second kappa shape index (κ2) is 6.99. The lowest BCUT2D eigenvalue weighted by molar-refractivity contribution is -0.147. The summed E-state index contributed by atoms with van der Waals surface area (Å²) in [5.41, 5.74) is 3.80. The number of aryl methyl sites for hydroxylation is 1. The van der Waals surface area contributed by atoms with Crippen LogP contribution in [0.3, 0.4) is 0 Å². The van der Waals surface area contributed by atoms with Crippen molar-refractivity contribution in [1.82, 2.24) is 0 Å². The van der Waals surface area contributed by atoms with Gasteiger partial charge in [0.1, 0.15) is 6.10 Å². The molecule has 23 heavy (non-hydrogen) atoms. The Kier molecular flexibility index (Phi) is 4.80. The molecule has 2 heteroatoms. The van der Waals surface area contributed by atoms with Crippen LogP contribution in [-0.2, 0) is 16.0 Å². The second-order valence-corrected chi connectivity index (χ2v) is 6.21. The zero-order chi connectivity index (χ0) is 16.2. The molecule has 1 unspecified atom stereocenters. The Morgan fingerprint density at radius 2 is 2.00 bits per heavy atom. The van der Waals surface area contributed by atoms with Gasteiger partial charge in [-0.2, -0.15) is 0 Å². The molecule has 0 radical (unpaired) electrons. The Bertz CT molecular complexity index is 743. The van der Waals surface area contributed by atoms with Crippen LogP contribution in [0.15, 0.2) is 36.4 Å². The van der Waals surface area contributed by atoms with Gasteiger partial charge in [-0.15, -0.1) is 0 Å². The van der Waals surface area contributed by atoms with E-state index in [0.717, 1.165) is 18.4 Å². The summed E-state index contributed by atoms with van der Waals surface area (Å²) in [5, 5.41) is 2.47. The van der Waals surface area contributed by atoms with Crippen LogP contribution < -0.4 is 0 Å². The molecule has 0 saturated heterocycles. The third kappa shape index (κ3) is 3.17. The van der Waals surface area contributed by atoms with Crippen molar-refractivity contribution in [2.45, 2.75) is 52.1 Å². The fourth-order valence-corrected chi connectivity index (χ4v) is 3.29. The third-order valence-electron chi connectivity index (χ3n) is 4.46. The smallest absolute Gasteiger partial charge is 0.306 e. The first kappa shape index (κ1) is 15.8. The summed E-state index contributed by atoms with van der Waals surface area (Å²) in [5.74, 6) is -0.121. The van der Waals surface area contributed by atoms with Gasteiger partial charge in [-0.3, -0.25) is 4.79 Å². The zero-order valence-electron chi connectivity index (χ0n) is 14.0. The van der Waals surface area contributed by atoms with Crippen molar-refractivity contribution in [1.29, 1.82) is 0 Å². The van der Waals surface area contributed by atoms with Crippen molar-refractivity contribution in [3.05, 3.63) is 53.1 Å². The Balaban J connectivity index is 2.01. The summed E-state index contributed by atoms with van der Waals surface area (Å²) >= 11 is 0. The molecule has 1 atom stereocenters. The predicted octanol–water partition coefficient (Wildman–Crippen LogP) is 5.59. The van der Waals surface area contributed by atoms with Crippen LogP contribution in [0.4, 0.5) is 0 Å². The molecule has 0 N–H and O–H groups in total. The molecule has 2 aromatic rings. The van der Waals surface area contributed by atoms with E-state index in [9.17, 15) is 4.79 Å². The van der Waals surface area contributed by atoms with Gasteiger partial charge in [0.2, 0.25) is 0 Å². The molecule has 0 amide bonds. The van der Waals surface area contributed by atoms with E-state index in [-0.39, 0.29) is 12.1 Å². The maximum Gasteiger partial charge on any atom is 0.306 e. The van der Waals surface area contributed by atoms with Crippen LogP contribution in [0.5, 0.6) is 0 Å². The zero-order valence-corrected chi connectivity index (χ0v) is 14.0. The lowest BCUT2D eigenvalue weighted by Gasteiger charge is -2.23. The highest BCUT2D eigenvalue weighted by molar-refractivity contribution is 5.97. The lowest BCUT2D eigenvalue weighted by atomic mass is 9.87. The minimum Gasteiger partial charge on any atom is -0.453 e. The minimum absolute atomic E-state index is 0.121. The summed E-state index contributed by atoms with van der Waals surface area (Å²) in [6.07, 6.45) is 8.70. The molecule has 1 aliphatic carbocycles. The van der Waals surface area contributed by atoms with E-state index < -0.39 is 0 Å². The fourth-order valence-electron chi connectivity index (χ4n) is 3.29. The molecule has 2 aromatic carbocycles. The van der Waals surface area contributed by atoms with Gasteiger partial charge in [0, 0.05) is 12.0 Å². The molecule has 0 fully saturated rings. The van der Waals surface area contributed by atoms with Crippen molar-refractivity contribution in [2.75, 3.05) is 0 Å². The molecule has 120 valence electrons. The van der Waals surface area contributed by atoms with Gasteiger partial charge < -0.3 is 4.74 Å². The highest BCUT2D eigenvalue weighted by Crippen LogP contribution is 2.37. The molecule has 0 aromatic heterocycles. The number of carbonyl (C=O) groups is 1. The van der Waals surface area contributed by atoms with E-state index in [1.54, 1.807) is 0 Å². The average molecular weight is 308 g/mol. The molecule has 0 spiro atoms. The molecule has 1 aliphatic rings. The number of unbranched alkanes of at least 4 members (excludes halogenated alkanes) is 1. The quantitative estimate of drug-likeness (QED) is 0.650. The van der Waals surface area contributed by atoms with Crippen LogP contribution in [0.2, 0.25) is 0 Å². The Morgan fingerprint density at radius 1 is 1.13 bits per heavy atom. The molecular formula is C21H24O2. The summed E-state index contributed by atoms with van der Waals surface area (Å²) < 4.78 is 5.67. The third-order valence-corrected chi connectivity index (χ3v) is 4.46. The summed E-state index contributed by atoms with van der Waals surface area (Å²) in [7, 11) is 0. The predicted molar refractivity (Wildman–Crippen MR) is 95.3 cm³/mol. The number of hydrogen-bond acceptors (Lipinski definition) is 2. The highest BCUT2D eigenvalue weighted by atomic mass is 16.5. The van der Waals surface area contributed by atoms with Gasteiger partial charge in [-0.05, 0) is 47.2 Å². The van der Waals surface area contributed by atoms with E-state index in [1.165, 1.54) is 34.7 Å². The highest BCUT2D eigenvalue weighted by Gasteiger charge is 2.22. The minimum atomic E-state index is -0.258. The Morgan fingerprint density at radius 3 is 2.78 bits per heavy atom. The summed E-state index contributed by atoms with van der Waals surface area (Å²) in [4.78, 5) is 11.9.